The van der Waals surface area contributed by atoms with Crippen LogP contribution in [0.4, 0.5) is 5.69 Å². The van der Waals surface area contributed by atoms with E-state index in [1.165, 1.54) is 24.1 Å². The van der Waals surface area contributed by atoms with Crippen LogP contribution in [0.3, 0.4) is 0 Å². The summed E-state index contributed by atoms with van der Waals surface area (Å²) in [4.78, 5) is 2.28. The van der Waals surface area contributed by atoms with Crippen LogP contribution in [-0.4, -0.2) is 13.1 Å². The number of hydrogen-bond acceptors (Lipinski definition) is 2. The predicted molar refractivity (Wildman–Crippen MR) is 72.8 cm³/mol. The standard InChI is InChI=1S/C15H20N2/c1-3-10-17(11-13-4-5-13)15-8-6-14(7-9-15)12(2)16/h1,6-9,12-13H,4-5,10-11,16H2,2H3/t12-/m1/s1. The fourth-order valence-electron chi connectivity index (χ4n) is 1.97. The zero-order chi connectivity index (χ0) is 12.3. The second-order valence-corrected chi connectivity index (χ2v) is 4.91. The van der Waals surface area contributed by atoms with Gasteiger partial charge in [0.05, 0.1) is 6.54 Å². The lowest BCUT2D eigenvalue weighted by Gasteiger charge is -2.22. The molecule has 1 fully saturated rings. The van der Waals surface area contributed by atoms with Crippen molar-refractivity contribution in [1.29, 1.82) is 0 Å². The molecule has 1 aliphatic rings. The van der Waals surface area contributed by atoms with E-state index in [4.69, 9.17) is 12.2 Å². The van der Waals surface area contributed by atoms with Crippen LogP contribution in [0.2, 0.25) is 0 Å². The minimum atomic E-state index is 0.0913. The van der Waals surface area contributed by atoms with Gasteiger partial charge in [-0.25, -0.2) is 0 Å². The van der Waals surface area contributed by atoms with Crippen LogP contribution in [0.1, 0.15) is 31.4 Å². The molecular weight excluding hydrogens is 208 g/mol. The average Bonchev–Trinajstić information content (AvgIpc) is 3.13. The van der Waals surface area contributed by atoms with Crippen LogP contribution in [0.25, 0.3) is 0 Å². The van der Waals surface area contributed by atoms with Crippen molar-refractivity contribution in [2.45, 2.75) is 25.8 Å². The molecule has 0 amide bonds. The van der Waals surface area contributed by atoms with Crippen LogP contribution >= 0.6 is 0 Å². The molecule has 1 aromatic carbocycles. The lowest BCUT2D eigenvalue weighted by atomic mass is 10.1. The lowest BCUT2D eigenvalue weighted by Crippen LogP contribution is -2.26. The van der Waals surface area contributed by atoms with Crippen molar-refractivity contribution in [3.05, 3.63) is 29.8 Å². The smallest absolute Gasteiger partial charge is 0.0791 e. The number of anilines is 1. The average molecular weight is 228 g/mol. The van der Waals surface area contributed by atoms with E-state index in [-0.39, 0.29) is 6.04 Å². The van der Waals surface area contributed by atoms with E-state index in [0.29, 0.717) is 6.54 Å². The number of benzene rings is 1. The van der Waals surface area contributed by atoms with Gasteiger partial charge in [0.1, 0.15) is 0 Å². The minimum absolute atomic E-state index is 0.0913. The van der Waals surface area contributed by atoms with Crippen LogP contribution in [0.15, 0.2) is 24.3 Å². The highest BCUT2D eigenvalue weighted by atomic mass is 15.1. The molecule has 1 saturated carbocycles. The number of nitrogens with two attached hydrogens (primary N) is 1. The zero-order valence-electron chi connectivity index (χ0n) is 10.4. The molecule has 0 radical (unpaired) electrons. The summed E-state index contributed by atoms with van der Waals surface area (Å²) >= 11 is 0. The van der Waals surface area contributed by atoms with E-state index >= 15 is 0 Å². The third-order valence-electron chi connectivity index (χ3n) is 3.24. The second kappa shape index (κ2) is 5.25. The Morgan fingerprint density at radius 3 is 2.53 bits per heavy atom. The van der Waals surface area contributed by atoms with Gasteiger partial charge in [0, 0.05) is 18.3 Å². The molecular formula is C15H20N2. The highest BCUT2D eigenvalue weighted by Gasteiger charge is 2.24. The molecule has 0 aliphatic heterocycles. The molecule has 2 N–H and O–H groups in total. The zero-order valence-corrected chi connectivity index (χ0v) is 10.4. The number of nitrogens with zero attached hydrogens (tertiary/aromatic N) is 1. The van der Waals surface area contributed by atoms with Gasteiger partial charge in [-0.05, 0) is 43.4 Å². The normalized spacial score (nSPS) is 16.3. The minimum Gasteiger partial charge on any atom is -0.360 e. The van der Waals surface area contributed by atoms with Gasteiger partial charge in [0.25, 0.3) is 0 Å². The number of hydrogen-bond donors (Lipinski definition) is 1. The van der Waals surface area contributed by atoms with Gasteiger partial charge in [-0.1, -0.05) is 18.1 Å². The molecule has 2 heteroatoms. The third kappa shape index (κ3) is 3.25. The topological polar surface area (TPSA) is 29.3 Å². The lowest BCUT2D eigenvalue weighted by molar-refractivity contribution is 0.763. The van der Waals surface area contributed by atoms with Crippen LogP contribution in [0, 0.1) is 18.3 Å². The Hall–Kier alpha value is -1.46. The van der Waals surface area contributed by atoms with Crippen molar-refractivity contribution in [2.24, 2.45) is 11.7 Å². The maximum atomic E-state index is 5.84. The van der Waals surface area contributed by atoms with Gasteiger partial charge >= 0.3 is 0 Å². The molecule has 2 nitrogen and oxygen atoms in total. The van der Waals surface area contributed by atoms with E-state index in [1.807, 2.05) is 6.92 Å². The number of terminal acetylenes is 1. The summed E-state index contributed by atoms with van der Waals surface area (Å²) in [5, 5.41) is 0. The summed E-state index contributed by atoms with van der Waals surface area (Å²) in [6.07, 6.45) is 8.12. The summed E-state index contributed by atoms with van der Waals surface area (Å²) in [5.41, 5.74) is 8.22. The van der Waals surface area contributed by atoms with Gasteiger partial charge in [-0.3, -0.25) is 0 Å². The molecule has 17 heavy (non-hydrogen) atoms. The fraction of sp³-hybridized carbons (Fsp3) is 0.467. The number of rotatable bonds is 5. The SMILES string of the molecule is C#CCN(CC1CC1)c1ccc([C@@H](C)N)cc1. The first-order valence-corrected chi connectivity index (χ1v) is 6.24. The quantitative estimate of drug-likeness (QED) is 0.785. The third-order valence-corrected chi connectivity index (χ3v) is 3.24. The second-order valence-electron chi connectivity index (χ2n) is 4.91. The van der Waals surface area contributed by atoms with E-state index in [9.17, 15) is 0 Å². The summed E-state index contributed by atoms with van der Waals surface area (Å²) in [6, 6.07) is 8.53. The Bertz CT molecular complexity index is 396. The molecule has 2 rings (SSSR count). The molecule has 0 heterocycles. The molecule has 1 aliphatic carbocycles. The van der Waals surface area contributed by atoms with Gasteiger partial charge in [0.15, 0.2) is 0 Å². The van der Waals surface area contributed by atoms with Crippen LogP contribution < -0.4 is 10.6 Å². The highest BCUT2D eigenvalue weighted by molar-refractivity contribution is 5.49. The Balaban J connectivity index is 2.08. The largest absolute Gasteiger partial charge is 0.360 e. The first-order valence-electron chi connectivity index (χ1n) is 6.24. The van der Waals surface area contributed by atoms with Gasteiger partial charge in [0.2, 0.25) is 0 Å². The maximum Gasteiger partial charge on any atom is 0.0791 e. The van der Waals surface area contributed by atoms with Crippen LogP contribution in [0.5, 0.6) is 0 Å². The van der Waals surface area contributed by atoms with E-state index < -0.39 is 0 Å². The summed E-state index contributed by atoms with van der Waals surface area (Å²) in [5.74, 6) is 3.58. The van der Waals surface area contributed by atoms with E-state index in [1.54, 1.807) is 0 Å². The Morgan fingerprint density at radius 2 is 2.06 bits per heavy atom. The van der Waals surface area contributed by atoms with Crippen molar-refractivity contribution in [2.75, 3.05) is 18.0 Å². The summed E-state index contributed by atoms with van der Waals surface area (Å²) < 4.78 is 0. The highest BCUT2D eigenvalue weighted by Crippen LogP contribution is 2.31. The molecule has 0 saturated heterocycles. The van der Waals surface area contributed by atoms with Crippen molar-refractivity contribution in [1.82, 2.24) is 0 Å². The molecule has 0 unspecified atom stereocenters. The molecule has 0 aromatic heterocycles. The maximum absolute atomic E-state index is 5.84. The van der Waals surface area contributed by atoms with Crippen molar-refractivity contribution < 1.29 is 0 Å². The predicted octanol–water partition coefficient (Wildman–Crippen LogP) is 2.56. The molecule has 1 atom stereocenters. The monoisotopic (exact) mass is 228 g/mol. The van der Waals surface area contributed by atoms with Crippen LogP contribution in [-0.2, 0) is 0 Å². The van der Waals surface area contributed by atoms with E-state index in [0.717, 1.165) is 12.5 Å². The van der Waals surface area contributed by atoms with Gasteiger partial charge in [-0.2, -0.15) is 0 Å². The van der Waals surface area contributed by atoms with Gasteiger partial charge < -0.3 is 10.6 Å². The molecule has 90 valence electrons. The van der Waals surface area contributed by atoms with Crippen molar-refractivity contribution >= 4 is 5.69 Å². The molecule has 0 spiro atoms. The van der Waals surface area contributed by atoms with Crippen molar-refractivity contribution in [3.63, 3.8) is 0 Å². The van der Waals surface area contributed by atoms with E-state index in [2.05, 4.69) is 35.1 Å². The first-order chi connectivity index (χ1) is 8.20. The Morgan fingerprint density at radius 1 is 1.41 bits per heavy atom. The summed E-state index contributed by atoms with van der Waals surface area (Å²) in [6.45, 7) is 3.77. The molecule has 0 bridgehead atoms. The van der Waals surface area contributed by atoms with Crippen molar-refractivity contribution in [3.8, 4) is 12.3 Å². The Kier molecular flexibility index (Phi) is 3.71. The summed E-state index contributed by atoms with van der Waals surface area (Å²) in [7, 11) is 0. The first kappa shape index (κ1) is 12.0. The fourth-order valence-corrected chi connectivity index (χ4v) is 1.97. The van der Waals surface area contributed by atoms with Gasteiger partial charge in [-0.15, -0.1) is 6.42 Å². The Labute approximate surface area is 104 Å². The molecule has 1 aromatic rings.